The Labute approximate surface area is 106 Å². The predicted octanol–water partition coefficient (Wildman–Crippen LogP) is 2.62. The Hall–Kier alpha value is 0.0539. The van der Waals surface area contributed by atoms with E-state index in [1.165, 1.54) is 0 Å². The molecule has 73 valence electrons. The van der Waals surface area contributed by atoms with Crippen molar-refractivity contribution in [2.75, 3.05) is 0 Å². The van der Waals surface area contributed by atoms with Gasteiger partial charge in [0.15, 0.2) is 0 Å². The summed E-state index contributed by atoms with van der Waals surface area (Å²) in [5, 5.41) is 8.60. The molecule has 0 fully saturated rings. The fourth-order valence-electron chi connectivity index (χ4n) is 0.629. The summed E-state index contributed by atoms with van der Waals surface area (Å²) in [6, 6.07) is 0. The van der Waals surface area contributed by atoms with Gasteiger partial charge in [-0.1, -0.05) is 6.92 Å². The van der Waals surface area contributed by atoms with Crippen LogP contribution in [0.1, 0.15) is 27.7 Å². The van der Waals surface area contributed by atoms with Crippen molar-refractivity contribution >= 4 is 5.97 Å². The van der Waals surface area contributed by atoms with Crippen molar-refractivity contribution in [2.45, 2.75) is 27.7 Å². The molecule has 0 atom stereocenters. The molecule has 0 spiro atoms. The first-order valence-electron chi connectivity index (χ1n) is 3.43. The first-order valence-corrected chi connectivity index (χ1v) is 3.43. The molecule has 0 bridgehead atoms. The molecule has 0 heterocycles. The zero-order valence-electron chi connectivity index (χ0n) is 8.93. The van der Waals surface area contributed by atoms with Gasteiger partial charge in [-0.05, 0) is 12.5 Å². The van der Waals surface area contributed by atoms with Crippen molar-refractivity contribution in [2.24, 2.45) is 0 Å². The minimum atomic E-state index is -0.864. The Morgan fingerprint density at radius 3 is 1.77 bits per heavy atom. The number of carbonyl (C=O) groups is 1. The van der Waals surface area contributed by atoms with E-state index in [-0.39, 0.29) is 40.1 Å². The van der Waals surface area contributed by atoms with E-state index in [1.54, 1.807) is 20.8 Å². The molecular weight excluding hydrogens is 241 g/mol. The Kier molecular flexibility index (Phi) is 12.5. The summed E-state index contributed by atoms with van der Waals surface area (Å²) in [6.07, 6.45) is 2.90. The third-order valence-corrected chi connectivity index (χ3v) is 1.82. The average molecular weight is 257 g/mol. The molecule has 13 heavy (non-hydrogen) atoms. The molecule has 0 aromatic heterocycles. The van der Waals surface area contributed by atoms with E-state index in [2.05, 4.69) is 6.08 Å². The molecule has 0 aliphatic rings. The molecule has 0 aromatic rings. The van der Waals surface area contributed by atoms with Gasteiger partial charge in [0.05, 0.1) is 0 Å². The molecule has 1 N–H and O–H groups in total. The van der Waals surface area contributed by atoms with Crippen LogP contribution in [0.4, 0.5) is 0 Å². The molecule has 2 nitrogen and oxygen atoms in total. The molecule has 0 unspecified atom stereocenters. The molecular formula is C10H16O2Y-2. The monoisotopic (exact) mass is 257 g/mol. The van der Waals surface area contributed by atoms with Crippen molar-refractivity contribution in [1.82, 2.24) is 0 Å². The van der Waals surface area contributed by atoms with Gasteiger partial charge in [-0.25, -0.2) is 10.4 Å². The molecule has 0 rings (SSSR count). The summed E-state index contributed by atoms with van der Waals surface area (Å²) >= 11 is 0. The molecule has 0 saturated carbocycles. The van der Waals surface area contributed by atoms with Crippen molar-refractivity contribution < 1.29 is 42.6 Å². The van der Waals surface area contributed by atoms with Gasteiger partial charge < -0.3 is 12.5 Å². The van der Waals surface area contributed by atoms with E-state index in [9.17, 15) is 4.79 Å². The van der Waals surface area contributed by atoms with Crippen LogP contribution < -0.4 is 0 Å². The number of hydrogen-bond acceptors (Lipinski definition) is 1. The van der Waals surface area contributed by atoms with E-state index in [1.807, 2.05) is 6.92 Å². The van der Waals surface area contributed by atoms with Crippen LogP contribution in [-0.2, 0) is 37.5 Å². The van der Waals surface area contributed by atoms with Crippen LogP contribution in [0.3, 0.4) is 0 Å². The van der Waals surface area contributed by atoms with Gasteiger partial charge in [0, 0.05) is 32.7 Å². The zero-order valence-corrected chi connectivity index (χ0v) is 11.8. The maximum Gasteiger partial charge on any atom is 0.313 e. The molecule has 0 saturated heterocycles. The summed E-state index contributed by atoms with van der Waals surface area (Å²) < 4.78 is 0. The van der Waals surface area contributed by atoms with Gasteiger partial charge in [-0.2, -0.15) is 5.57 Å². The Morgan fingerprint density at radius 1 is 1.15 bits per heavy atom. The van der Waals surface area contributed by atoms with E-state index < -0.39 is 5.97 Å². The van der Waals surface area contributed by atoms with E-state index >= 15 is 0 Å². The summed E-state index contributed by atoms with van der Waals surface area (Å²) in [5.74, 6) is -0.864. The Morgan fingerprint density at radius 2 is 1.54 bits per heavy atom. The van der Waals surface area contributed by atoms with Crippen molar-refractivity contribution in [1.29, 1.82) is 0 Å². The van der Waals surface area contributed by atoms with Gasteiger partial charge in [0.25, 0.3) is 0 Å². The standard InChI is InChI=1S/C9H13O2.CH3.Y/c1-5-6(2)7(3)8(4)9(10)11;;/h1-4H3,(H,10,11);1H3;/q2*-1;/b8-7+;;. The normalized spacial score (nSPS) is 12.2. The second-order valence-corrected chi connectivity index (χ2v) is 2.43. The van der Waals surface area contributed by atoms with Crippen LogP contribution in [0.5, 0.6) is 0 Å². The number of hydrogen-bond donors (Lipinski definition) is 1. The first kappa shape index (κ1) is 18.8. The summed E-state index contributed by atoms with van der Waals surface area (Å²) in [7, 11) is 0. The maximum absolute atomic E-state index is 10.5. The summed E-state index contributed by atoms with van der Waals surface area (Å²) in [4.78, 5) is 10.5. The quantitative estimate of drug-likeness (QED) is 0.469. The second kappa shape index (κ2) is 8.64. The van der Waals surface area contributed by atoms with Crippen LogP contribution >= 0.6 is 0 Å². The topological polar surface area (TPSA) is 37.3 Å². The van der Waals surface area contributed by atoms with Crippen molar-refractivity contribution in [3.63, 3.8) is 0 Å². The number of allylic oxidation sites excluding steroid dienone is 3. The van der Waals surface area contributed by atoms with Crippen LogP contribution in [0.25, 0.3) is 0 Å². The Bertz CT molecular complexity index is 227. The average Bonchev–Trinajstić information content (AvgIpc) is 2.00. The van der Waals surface area contributed by atoms with E-state index in [4.69, 9.17) is 5.11 Å². The van der Waals surface area contributed by atoms with Crippen LogP contribution in [0.2, 0.25) is 0 Å². The zero-order chi connectivity index (χ0) is 9.02. The SMILES string of the molecule is C[C-]=C(C)/C(C)=C(\C)C(=O)O.[CH3-].[Y]. The molecule has 3 heteroatoms. The van der Waals surface area contributed by atoms with Crippen molar-refractivity contribution in [3.05, 3.63) is 30.2 Å². The molecule has 0 amide bonds. The van der Waals surface area contributed by atoms with Gasteiger partial charge in [-0.15, -0.1) is 13.8 Å². The first-order chi connectivity index (χ1) is 5.00. The smallest absolute Gasteiger partial charge is 0.313 e. The van der Waals surface area contributed by atoms with Crippen LogP contribution in [0, 0.1) is 13.5 Å². The molecule has 0 aliphatic heterocycles. The Balaban J connectivity index is -0.000000500. The number of carboxylic acids is 1. The second-order valence-electron chi connectivity index (χ2n) is 2.43. The number of aliphatic carboxylic acids is 1. The molecule has 0 aromatic carbocycles. The summed E-state index contributed by atoms with van der Waals surface area (Å²) in [5.41, 5.74) is 2.07. The van der Waals surface area contributed by atoms with Crippen LogP contribution in [0.15, 0.2) is 16.7 Å². The number of carboxylic acid groups (broad SMARTS) is 1. The van der Waals surface area contributed by atoms with Crippen molar-refractivity contribution in [3.8, 4) is 0 Å². The minimum absolute atomic E-state index is 0. The maximum atomic E-state index is 10.5. The molecule has 0 aliphatic carbocycles. The molecule has 1 radical (unpaired) electrons. The third kappa shape index (κ3) is 6.17. The minimum Gasteiger partial charge on any atom is -0.479 e. The summed E-state index contributed by atoms with van der Waals surface area (Å²) in [6.45, 7) is 7.00. The van der Waals surface area contributed by atoms with Crippen LogP contribution in [-0.4, -0.2) is 11.1 Å². The third-order valence-electron chi connectivity index (χ3n) is 1.82. The van der Waals surface area contributed by atoms with Gasteiger partial charge in [0.2, 0.25) is 0 Å². The largest absolute Gasteiger partial charge is 0.479 e. The van der Waals surface area contributed by atoms with Gasteiger partial charge >= 0.3 is 5.97 Å². The van der Waals surface area contributed by atoms with E-state index in [0.717, 1.165) is 11.1 Å². The van der Waals surface area contributed by atoms with Gasteiger partial charge in [0.1, 0.15) is 0 Å². The predicted molar refractivity (Wildman–Crippen MR) is 50.5 cm³/mol. The number of rotatable bonds is 2. The van der Waals surface area contributed by atoms with Gasteiger partial charge in [-0.3, -0.25) is 6.08 Å². The van der Waals surface area contributed by atoms with E-state index in [0.29, 0.717) is 5.57 Å². The fourth-order valence-corrected chi connectivity index (χ4v) is 0.629. The fraction of sp³-hybridized carbons (Fsp3) is 0.400.